The van der Waals surface area contributed by atoms with E-state index >= 15 is 0 Å². The molecule has 125 heavy (non-hydrogen) atoms. The molecule has 0 bridgehead atoms. The van der Waals surface area contributed by atoms with E-state index in [-0.39, 0.29) is 137 Å². The van der Waals surface area contributed by atoms with Crippen molar-refractivity contribution < 1.29 is 76.7 Å². The van der Waals surface area contributed by atoms with E-state index in [1.807, 2.05) is 9.13 Å². The summed E-state index contributed by atoms with van der Waals surface area (Å²) in [6.45, 7) is 10.8. The first-order chi connectivity index (χ1) is 59.0. The molecule has 0 saturated heterocycles. The van der Waals surface area contributed by atoms with Gasteiger partial charge in [0.05, 0.1) is 24.2 Å². The van der Waals surface area contributed by atoms with Gasteiger partial charge in [0, 0.05) is 241 Å². The van der Waals surface area contributed by atoms with Crippen molar-refractivity contribution in [3.8, 4) is 0 Å². The van der Waals surface area contributed by atoms with Crippen LogP contribution in [0.3, 0.4) is 0 Å². The molecule has 8 aromatic rings. The van der Waals surface area contributed by atoms with Gasteiger partial charge < -0.3 is 100 Å². The van der Waals surface area contributed by atoms with Gasteiger partial charge in [0.2, 0.25) is 23.3 Å². The van der Waals surface area contributed by atoms with E-state index in [1.54, 1.807) is 185 Å². The summed E-state index contributed by atoms with van der Waals surface area (Å²) in [4.78, 5) is 214. The Labute approximate surface area is 718 Å². The molecule has 8 aromatic heterocycles. The zero-order valence-corrected chi connectivity index (χ0v) is 72.0. The molecule has 16 rings (SSSR count). The molecule has 0 aliphatic carbocycles. The molecule has 0 saturated carbocycles. The summed E-state index contributed by atoms with van der Waals surface area (Å²) < 4.78 is 13.3. The maximum Gasteiger partial charge on any atom is 0.291 e. The van der Waals surface area contributed by atoms with Crippen molar-refractivity contribution in [3.63, 3.8) is 0 Å². The fourth-order valence-corrected chi connectivity index (χ4v) is 13.2. The topological polar surface area (TPSA) is 538 Å². The number of rotatable bonds is 8. The molecule has 672 valence electrons. The van der Waals surface area contributed by atoms with Crippen molar-refractivity contribution in [2.75, 3.05) is 165 Å². The van der Waals surface area contributed by atoms with Crippen molar-refractivity contribution in [2.24, 2.45) is 0 Å². The van der Waals surface area contributed by atoms with Crippen LogP contribution in [0.4, 0.5) is 0 Å². The third-order valence-electron chi connectivity index (χ3n) is 20.5. The molecule has 8 aliphatic heterocycles. The lowest BCUT2D eigenvalue weighted by Gasteiger charge is -2.24. The van der Waals surface area contributed by atoms with Crippen LogP contribution in [0.2, 0.25) is 0 Å². The number of amides is 16. The van der Waals surface area contributed by atoms with Crippen molar-refractivity contribution in [1.82, 2.24) is 159 Å². The van der Waals surface area contributed by atoms with E-state index in [9.17, 15) is 76.7 Å². The maximum absolute atomic E-state index is 11.9. The Balaban J connectivity index is 0.000000177. The maximum atomic E-state index is 11.9. The molecule has 0 spiro atoms. The van der Waals surface area contributed by atoms with Gasteiger partial charge in [0.25, 0.3) is 94.5 Å². The number of aromatic nitrogens is 16. The number of fused-ring (bicyclic) bond motifs is 8. The Bertz CT molecular complexity index is 4750. The van der Waals surface area contributed by atoms with Crippen LogP contribution >= 0.6 is 0 Å². The van der Waals surface area contributed by atoms with Crippen molar-refractivity contribution in [1.29, 1.82) is 0 Å². The second-order valence-electron chi connectivity index (χ2n) is 29.0. The SMILES string of the molecule is C.CNC(=O)c1cc2n(c1)CCCN(C)C2=O.CNC(=O)c1cc2n(c1)CCN(C)C2=O.CNC(=O)c1cc2n(n1)CCCN(C)C2=O.CNC(=O)c1cc2n(n1)CCN(C)C2=O.CNC(=O)c1cn2c(n1)C(=O)N(C)CC2.CNC(=O)c1cn2c(n1)C(=O)N(C)CCC2.CNC(=O)c1nc2n(n1)CCCN(C)C2=O.CNC(=O)c1nc2n(n1)CCN(C)C2=O. The van der Waals surface area contributed by atoms with Crippen LogP contribution in [0.1, 0.15) is 201 Å². The van der Waals surface area contributed by atoms with Crippen LogP contribution in [-0.2, 0) is 52.4 Å². The molecule has 0 unspecified atom stereocenters. The standard InChI is InChI=1S/C11H15N3O2.2C10H14N4O2.C10H13N3O2.C9H13N5O2.2C9H12N4O2.C8H11N5O2.CH4/c1-12-10(15)8-6-9-11(16)13(2)4-3-5-14(9)7-8;1-11-9(15)7-6-14-5-3-4-13(2)10(16)8(14)12-7;1-11-9(15)7-6-8-10(16)13(2)4-3-5-14(8)12-7;1-11-9(14)7-5-8-10(15)12(2)3-4-13(8)6-7;1-10-8(15)6-11-7-9(16)13(2)4-3-5-14(7)12-6;1-10-8(14)6-5-13-4-3-12(2)9(15)7(13)11-6;1-10-8(14)6-5-7-9(15)12(2)3-4-13(7)11-6;1-9-7(14)5-10-6-8(15)12(2)3-4-13(6)11-5;/h6-7H,3-5H2,1-2H3,(H,12,15);2*6H,3-5H2,1-2H3,(H,11,15);5-6H,3-4H2,1-2H3,(H,11,14);3-5H2,1-2H3,(H,10,15);2*5H,3-4H2,1-2H3,(H,10,14);3-4H2,1-2H3,(H,9,14);1H4. The van der Waals surface area contributed by atoms with Crippen molar-refractivity contribution >= 4 is 94.5 Å². The molecular weight excluding hydrogens is 1630 g/mol. The largest absolute Gasteiger partial charge is 0.355 e. The number of hydrogen-bond donors (Lipinski definition) is 8. The highest BCUT2D eigenvalue weighted by Gasteiger charge is 2.33. The molecule has 48 nitrogen and oxygen atoms in total. The summed E-state index contributed by atoms with van der Waals surface area (Å²) >= 11 is 0. The van der Waals surface area contributed by atoms with Crippen LogP contribution in [0.25, 0.3) is 0 Å². The Morgan fingerprint density at radius 2 is 0.520 bits per heavy atom. The lowest BCUT2D eigenvalue weighted by molar-refractivity contribution is 0.0730. The summed E-state index contributed by atoms with van der Waals surface area (Å²) in [5, 5.41) is 36.0. The predicted molar refractivity (Wildman–Crippen MR) is 446 cm³/mol. The zero-order valence-electron chi connectivity index (χ0n) is 72.0. The lowest BCUT2D eigenvalue weighted by atomic mass is 10.2. The van der Waals surface area contributed by atoms with Gasteiger partial charge >= 0.3 is 0 Å². The van der Waals surface area contributed by atoms with Crippen LogP contribution in [0.5, 0.6) is 0 Å². The number of carbonyl (C=O) groups excluding carboxylic acids is 16. The number of carbonyl (C=O) groups is 16. The van der Waals surface area contributed by atoms with Gasteiger partial charge in [-0.2, -0.15) is 20.2 Å². The average Bonchev–Trinajstić information content (AvgIpc) is 1.65. The summed E-state index contributed by atoms with van der Waals surface area (Å²) in [5.41, 5.74) is 4.38. The fourth-order valence-electron chi connectivity index (χ4n) is 13.2. The molecule has 0 atom stereocenters. The molecule has 16 heterocycles. The lowest BCUT2D eigenvalue weighted by Crippen LogP contribution is -2.37. The minimum Gasteiger partial charge on any atom is -0.355 e. The van der Waals surface area contributed by atoms with Crippen LogP contribution in [0, 0.1) is 0 Å². The smallest absolute Gasteiger partial charge is 0.291 e. The van der Waals surface area contributed by atoms with Crippen LogP contribution in [0.15, 0.2) is 49.1 Å². The summed E-state index contributed by atoms with van der Waals surface area (Å²) in [7, 11) is 26.2. The highest BCUT2D eigenvalue weighted by Crippen LogP contribution is 2.21. The molecule has 0 fully saturated rings. The minimum absolute atomic E-state index is 0. The van der Waals surface area contributed by atoms with Crippen molar-refractivity contribution in [3.05, 3.63) is 141 Å². The highest BCUT2D eigenvalue weighted by molar-refractivity contribution is 6.03. The normalized spacial score (nSPS) is 15.2. The van der Waals surface area contributed by atoms with E-state index in [1.165, 1.54) is 43.6 Å². The summed E-state index contributed by atoms with van der Waals surface area (Å²) in [6, 6.07) is 6.36. The van der Waals surface area contributed by atoms with Gasteiger partial charge in [-0.05, 0) is 37.8 Å². The Kier molecular flexibility index (Phi) is 32.6. The van der Waals surface area contributed by atoms with Crippen LogP contribution < -0.4 is 42.5 Å². The van der Waals surface area contributed by atoms with Gasteiger partial charge in [-0.1, -0.05) is 7.43 Å². The minimum atomic E-state index is -0.382. The van der Waals surface area contributed by atoms with E-state index in [0.29, 0.717) is 122 Å². The second kappa shape index (κ2) is 42.6. The molecule has 8 aliphatic rings. The number of aryl methyl sites for hydroxylation is 4. The third kappa shape index (κ3) is 22.3. The first-order valence-electron chi connectivity index (χ1n) is 39.5. The van der Waals surface area contributed by atoms with Crippen molar-refractivity contribution in [2.45, 2.75) is 85.5 Å². The molecule has 16 amide bonds. The number of likely N-dealkylation sites (N-methyl/N-ethyl adjacent to an activating group) is 4. The van der Waals surface area contributed by atoms with E-state index in [0.717, 1.165) is 65.0 Å². The average molecular weight is 1740 g/mol. The Morgan fingerprint density at radius 3 is 0.912 bits per heavy atom. The quantitative estimate of drug-likeness (QED) is 0.0744. The zero-order chi connectivity index (χ0) is 90.8. The summed E-state index contributed by atoms with van der Waals surface area (Å²) in [6.07, 6.45) is 10.2. The number of hydrogen-bond acceptors (Lipinski definition) is 24. The number of imidazole rings is 2. The summed E-state index contributed by atoms with van der Waals surface area (Å²) in [5.74, 6) is -1.83. The van der Waals surface area contributed by atoms with E-state index in [4.69, 9.17) is 0 Å². The second-order valence-corrected chi connectivity index (χ2v) is 29.0. The monoisotopic (exact) mass is 1740 g/mol. The Hall–Kier alpha value is -14.8. The predicted octanol–water partition coefficient (Wildman–Crippen LogP) is -3.18. The van der Waals surface area contributed by atoms with Crippen LogP contribution in [-0.4, -0.2) is 376 Å². The first kappa shape index (κ1) is 95.7. The molecule has 8 N–H and O–H groups in total. The molecule has 0 radical (unpaired) electrons. The molecule has 48 heteroatoms. The van der Waals surface area contributed by atoms with Gasteiger partial charge in [-0.25, -0.2) is 19.3 Å². The Morgan fingerprint density at radius 1 is 0.248 bits per heavy atom. The number of nitrogens with one attached hydrogen (secondary N) is 8. The third-order valence-corrected chi connectivity index (χ3v) is 20.5. The molecule has 0 aromatic carbocycles. The number of nitrogens with zero attached hydrogens (tertiary/aromatic N) is 24. The fraction of sp³-hybridized carbons (Fsp3) is 0.481. The highest BCUT2D eigenvalue weighted by atomic mass is 16.2. The molecular formula is C77H108N32O16. The van der Waals surface area contributed by atoms with Gasteiger partial charge in [0.1, 0.15) is 34.2 Å². The van der Waals surface area contributed by atoms with Gasteiger partial charge in [-0.3, -0.25) is 86.1 Å². The first-order valence-corrected chi connectivity index (χ1v) is 39.5. The van der Waals surface area contributed by atoms with Gasteiger partial charge in [0.15, 0.2) is 23.0 Å². The van der Waals surface area contributed by atoms with E-state index in [2.05, 4.69) is 82.9 Å². The van der Waals surface area contributed by atoms with E-state index < -0.39 is 0 Å². The van der Waals surface area contributed by atoms with Gasteiger partial charge in [-0.15, -0.1) is 10.2 Å².